The summed E-state index contributed by atoms with van der Waals surface area (Å²) in [6.07, 6.45) is 2.39. The zero-order valence-electron chi connectivity index (χ0n) is 18.1. The van der Waals surface area contributed by atoms with E-state index in [1.54, 1.807) is 16.5 Å². The highest BCUT2D eigenvalue weighted by molar-refractivity contribution is 6.30. The van der Waals surface area contributed by atoms with E-state index in [2.05, 4.69) is 16.2 Å². The van der Waals surface area contributed by atoms with Gasteiger partial charge in [0.15, 0.2) is 5.65 Å². The lowest BCUT2D eigenvalue weighted by molar-refractivity contribution is -0.130. The molecule has 7 nitrogen and oxygen atoms in total. The van der Waals surface area contributed by atoms with Gasteiger partial charge in [0, 0.05) is 35.4 Å². The summed E-state index contributed by atoms with van der Waals surface area (Å²) in [6.45, 7) is 4.21. The lowest BCUT2D eigenvalue weighted by atomic mass is 10.1. The molecule has 0 aliphatic heterocycles. The van der Waals surface area contributed by atoms with Gasteiger partial charge in [0.05, 0.1) is 12.7 Å². The minimum absolute atomic E-state index is 0.00604. The Bertz CT molecular complexity index is 1330. The molecule has 8 heteroatoms. The molecule has 4 aromatic rings. The Hall–Kier alpha value is -3.63. The first-order chi connectivity index (χ1) is 15.4. The van der Waals surface area contributed by atoms with Crippen molar-refractivity contribution >= 4 is 23.2 Å². The minimum atomic E-state index is 0.00604. The van der Waals surface area contributed by atoms with Crippen LogP contribution in [0, 0.1) is 25.2 Å². The molecule has 0 aliphatic carbocycles. The Morgan fingerprint density at radius 3 is 2.69 bits per heavy atom. The molecule has 32 heavy (non-hydrogen) atoms. The number of carbonyl (C=O) groups excluding carboxylic acids is 1. The topological polar surface area (TPSA) is 87.4 Å². The van der Waals surface area contributed by atoms with Crippen LogP contribution in [0.4, 0.5) is 0 Å². The molecule has 0 fully saturated rings. The van der Waals surface area contributed by atoms with Crippen LogP contribution in [-0.4, -0.2) is 32.5 Å². The molecule has 0 spiro atoms. The standard InChI is InChI=1S/C24H22ClN5O2/c1-15-21(16(2)30-24(28-15)18(12-26)13-27-30)9-11-23(31)29(3)14-20-8-10-22(32-20)17-4-6-19(25)7-5-17/h4-8,10,13H,9,11,14H2,1-3H3. The molecule has 1 aromatic carbocycles. The first-order valence-electron chi connectivity index (χ1n) is 10.2. The molecular weight excluding hydrogens is 426 g/mol. The summed E-state index contributed by atoms with van der Waals surface area (Å²) >= 11 is 5.94. The third-order valence-electron chi connectivity index (χ3n) is 5.53. The smallest absolute Gasteiger partial charge is 0.223 e. The van der Waals surface area contributed by atoms with Crippen molar-refractivity contribution in [3.05, 3.63) is 75.9 Å². The summed E-state index contributed by atoms with van der Waals surface area (Å²) in [5.41, 5.74) is 4.58. The number of halogens is 1. The van der Waals surface area contributed by atoms with Gasteiger partial charge in [-0.05, 0) is 62.2 Å². The second-order valence-electron chi connectivity index (χ2n) is 7.69. The van der Waals surface area contributed by atoms with Gasteiger partial charge in [-0.3, -0.25) is 4.79 Å². The highest BCUT2D eigenvalue weighted by Gasteiger charge is 2.17. The van der Waals surface area contributed by atoms with Crippen molar-refractivity contribution in [2.24, 2.45) is 0 Å². The average Bonchev–Trinajstić information content (AvgIpc) is 3.40. The third-order valence-corrected chi connectivity index (χ3v) is 5.78. The molecule has 0 unspecified atom stereocenters. The maximum Gasteiger partial charge on any atom is 0.223 e. The molecule has 0 atom stereocenters. The van der Waals surface area contributed by atoms with E-state index in [1.807, 2.05) is 50.2 Å². The monoisotopic (exact) mass is 447 g/mol. The maximum atomic E-state index is 12.8. The van der Waals surface area contributed by atoms with Crippen LogP contribution in [0.15, 0.2) is 47.0 Å². The van der Waals surface area contributed by atoms with Crippen LogP contribution in [0.5, 0.6) is 0 Å². The van der Waals surface area contributed by atoms with Crippen LogP contribution >= 0.6 is 11.6 Å². The minimum Gasteiger partial charge on any atom is -0.459 e. The van der Waals surface area contributed by atoms with E-state index in [0.29, 0.717) is 41.4 Å². The Kier molecular flexibility index (Phi) is 5.97. The molecule has 0 aliphatic rings. The van der Waals surface area contributed by atoms with E-state index in [-0.39, 0.29) is 5.91 Å². The Morgan fingerprint density at radius 2 is 1.97 bits per heavy atom. The fourth-order valence-electron chi connectivity index (χ4n) is 3.73. The number of benzene rings is 1. The number of aryl methyl sites for hydroxylation is 2. The van der Waals surface area contributed by atoms with Gasteiger partial charge in [-0.25, -0.2) is 9.50 Å². The van der Waals surface area contributed by atoms with Gasteiger partial charge in [0.2, 0.25) is 5.91 Å². The molecule has 0 N–H and O–H groups in total. The van der Waals surface area contributed by atoms with Gasteiger partial charge in [-0.15, -0.1) is 0 Å². The highest BCUT2D eigenvalue weighted by Crippen LogP contribution is 2.24. The zero-order chi connectivity index (χ0) is 22.8. The fourth-order valence-corrected chi connectivity index (χ4v) is 3.85. The van der Waals surface area contributed by atoms with Gasteiger partial charge in [-0.1, -0.05) is 11.6 Å². The molecule has 4 rings (SSSR count). The van der Waals surface area contributed by atoms with Crippen molar-refractivity contribution in [3.63, 3.8) is 0 Å². The number of carbonyl (C=O) groups is 1. The Balaban J connectivity index is 1.42. The largest absolute Gasteiger partial charge is 0.459 e. The van der Waals surface area contributed by atoms with Crippen molar-refractivity contribution in [1.29, 1.82) is 5.26 Å². The van der Waals surface area contributed by atoms with Crippen LogP contribution < -0.4 is 0 Å². The van der Waals surface area contributed by atoms with Gasteiger partial charge in [-0.2, -0.15) is 10.4 Å². The van der Waals surface area contributed by atoms with E-state index < -0.39 is 0 Å². The van der Waals surface area contributed by atoms with Gasteiger partial charge in [0.1, 0.15) is 23.2 Å². The molecule has 0 radical (unpaired) electrons. The van der Waals surface area contributed by atoms with Gasteiger partial charge < -0.3 is 9.32 Å². The molecule has 162 valence electrons. The van der Waals surface area contributed by atoms with Crippen molar-refractivity contribution in [3.8, 4) is 17.4 Å². The van der Waals surface area contributed by atoms with E-state index in [1.165, 1.54) is 6.20 Å². The summed E-state index contributed by atoms with van der Waals surface area (Å²) in [4.78, 5) is 18.9. The van der Waals surface area contributed by atoms with Gasteiger partial charge >= 0.3 is 0 Å². The lowest BCUT2D eigenvalue weighted by Gasteiger charge is -2.17. The number of hydrogen-bond donors (Lipinski definition) is 0. The Labute approximate surface area is 190 Å². The van der Waals surface area contributed by atoms with E-state index in [9.17, 15) is 10.1 Å². The number of hydrogen-bond acceptors (Lipinski definition) is 5. The predicted molar refractivity (Wildman–Crippen MR) is 121 cm³/mol. The SMILES string of the molecule is Cc1nc2c(C#N)cnn2c(C)c1CCC(=O)N(C)Cc1ccc(-c2ccc(Cl)cc2)o1. The second-order valence-corrected chi connectivity index (χ2v) is 8.13. The first-order valence-corrected chi connectivity index (χ1v) is 10.6. The van der Waals surface area contributed by atoms with E-state index >= 15 is 0 Å². The van der Waals surface area contributed by atoms with Crippen molar-refractivity contribution in [2.75, 3.05) is 7.05 Å². The molecular formula is C24H22ClN5O2. The summed E-state index contributed by atoms with van der Waals surface area (Å²) < 4.78 is 7.57. The summed E-state index contributed by atoms with van der Waals surface area (Å²) in [7, 11) is 1.76. The summed E-state index contributed by atoms with van der Waals surface area (Å²) in [6, 6.07) is 13.3. The second kappa shape index (κ2) is 8.85. The molecule has 1 amide bonds. The highest BCUT2D eigenvalue weighted by atomic mass is 35.5. The fraction of sp³-hybridized carbons (Fsp3) is 0.250. The number of nitriles is 1. The molecule has 3 aromatic heterocycles. The van der Waals surface area contributed by atoms with Crippen LogP contribution in [0.2, 0.25) is 5.02 Å². The van der Waals surface area contributed by atoms with Crippen molar-refractivity contribution in [2.45, 2.75) is 33.2 Å². The van der Waals surface area contributed by atoms with Crippen LogP contribution in [0.25, 0.3) is 17.0 Å². The number of nitrogens with zero attached hydrogens (tertiary/aromatic N) is 5. The van der Waals surface area contributed by atoms with Crippen LogP contribution in [0.3, 0.4) is 0 Å². The molecule has 3 heterocycles. The number of rotatable bonds is 6. The molecule has 0 saturated carbocycles. The van der Waals surface area contributed by atoms with E-state index in [4.69, 9.17) is 16.0 Å². The summed E-state index contributed by atoms with van der Waals surface area (Å²) in [5.74, 6) is 1.45. The lowest BCUT2D eigenvalue weighted by Crippen LogP contribution is -2.26. The third kappa shape index (κ3) is 4.23. The number of fused-ring (bicyclic) bond motifs is 1. The average molecular weight is 448 g/mol. The zero-order valence-corrected chi connectivity index (χ0v) is 18.8. The number of aromatic nitrogens is 3. The van der Waals surface area contributed by atoms with Crippen LogP contribution in [-0.2, 0) is 17.8 Å². The molecule has 0 saturated heterocycles. The number of furan rings is 1. The van der Waals surface area contributed by atoms with Gasteiger partial charge in [0.25, 0.3) is 0 Å². The molecule has 0 bridgehead atoms. The number of amides is 1. The predicted octanol–water partition coefficient (Wildman–Crippen LogP) is 4.72. The first kappa shape index (κ1) is 21.6. The quantitative estimate of drug-likeness (QED) is 0.426. The normalized spacial score (nSPS) is 11.0. The Morgan fingerprint density at radius 1 is 1.22 bits per heavy atom. The summed E-state index contributed by atoms with van der Waals surface area (Å²) in [5, 5.41) is 14.1. The van der Waals surface area contributed by atoms with Crippen molar-refractivity contribution in [1.82, 2.24) is 19.5 Å². The maximum absolute atomic E-state index is 12.8. The van der Waals surface area contributed by atoms with E-state index in [0.717, 1.165) is 28.3 Å². The van der Waals surface area contributed by atoms with Crippen molar-refractivity contribution < 1.29 is 9.21 Å². The van der Waals surface area contributed by atoms with Crippen LogP contribution in [0.1, 0.15) is 34.7 Å².